The Hall–Kier alpha value is -7.20. The van der Waals surface area contributed by atoms with Crippen molar-refractivity contribution in [2.45, 2.75) is 137 Å². The van der Waals surface area contributed by atoms with E-state index in [1.54, 1.807) is 51.7 Å². The summed E-state index contributed by atoms with van der Waals surface area (Å²) in [5, 5.41) is 51.1. The van der Waals surface area contributed by atoms with Gasteiger partial charge >= 0.3 is 17.7 Å². The van der Waals surface area contributed by atoms with Crippen LogP contribution < -0.4 is 25.8 Å². The van der Waals surface area contributed by atoms with E-state index in [4.69, 9.17) is 18.9 Å². The molecule has 3 fully saturated rings. The minimum atomic E-state index is -2.14. The number of fused-ring (bicyclic) bond motifs is 15. The Morgan fingerprint density at radius 2 is 1.56 bits per heavy atom. The third-order valence-electron chi connectivity index (χ3n) is 17.7. The third-order valence-corrected chi connectivity index (χ3v) is 17.7. The number of aromatic nitrogens is 1. The van der Waals surface area contributed by atoms with Crippen molar-refractivity contribution < 1.29 is 72.5 Å². The number of Topliss-reactive ketones (excluding diaryl/α,β-unsaturated/α-hetero) is 3. The molecular formula is C61H74FN5O15. The molecule has 2 aliphatic carbocycles. The molecule has 82 heavy (non-hydrogen) atoms. The summed E-state index contributed by atoms with van der Waals surface area (Å²) in [5.41, 5.74) is -0.634. The van der Waals surface area contributed by atoms with Crippen LogP contribution in [0.1, 0.15) is 145 Å². The number of carbonyl (C=O) groups excluding carboxylic acids is 5. The fourth-order valence-electron chi connectivity index (χ4n) is 12.7. The maximum Gasteiger partial charge on any atom is 0.341 e. The van der Waals surface area contributed by atoms with Crippen LogP contribution in [0.15, 0.2) is 64.6 Å². The van der Waals surface area contributed by atoms with E-state index in [9.17, 15) is 44.4 Å². The Kier molecular flexibility index (Phi) is 16.8. The number of aliphatic hydroxyl groups excluding tert-OH is 2. The molecule has 2 saturated heterocycles. The van der Waals surface area contributed by atoms with E-state index < -0.39 is 129 Å². The lowest BCUT2D eigenvalue weighted by Crippen LogP contribution is -2.47. The fourth-order valence-corrected chi connectivity index (χ4v) is 12.7. The van der Waals surface area contributed by atoms with Crippen molar-refractivity contribution in [2.24, 2.45) is 29.6 Å². The van der Waals surface area contributed by atoms with E-state index in [0.717, 1.165) is 35.4 Å². The number of aryl methyl sites for hydroxylation is 1. The molecule has 0 radical (unpaired) electrons. The number of rotatable bonds is 9. The molecule has 1 amide bonds. The number of likely N-dealkylation sites (tertiary alicyclic amines) is 1. The van der Waals surface area contributed by atoms with Gasteiger partial charge in [0.2, 0.25) is 11.6 Å². The number of piperidine rings is 1. The molecule has 3 aromatic rings. The number of amides is 1. The zero-order chi connectivity index (χ0) is 59.5. The number of aromatic carboxylic acids is 1. The number of aliphatic hydroxyl groups is 2. The van der Waals surface area contributed by atoms with Crippen molar-refractivity contribution in [1.82, 2.24) is 19.9 Å². The number of ether oxygens (including phenoxy) is 4. The molecule has 2 aromatic heterocycles. The first-order chi connectivity index (χ1) is 38.8. The van der Waals surface area contributed by atoms with Gasteiger partial charge in [0.05, 0.1) is 58.7 Å². The molecule has 1 aromatic carbocycles. The standard InChI is InChI=1S/C61H74FN5O15/c1-28-12-11-13-29(2)58(75)64-46-49(65-21-17-38(18-22-65)63-25-36-16-20-66(26-36)48-31(4)47-39(37-14-15-37)24-40(60(77)78)59(76)67(47)27-41(48)62)54(73)43-44(53(46)72)52(71)34(7)56-45(43)57(74)61(9,82-56)80-23-19-42(79-10)30(3)55(81-35(8)68)33(6)51(70)32(5)50(28)69/h11-13,19,23-24,27-28,30,32-33,36-38,42,50-51,55,63,69-71H,14-18,20-22,25-26H2,1-10H3,(H,64,75)(H,77,78)/t28-,30+,32+,33+,36-,42-,50-,51+,55+,61-/m0/s1. The van der Waals surface area contributed by atoms with Crippen molar-refractivity contribution in [1.29, 1.82) is 0 Å². The molecule has 440 valence electrons. The van der Waals surface area contributed by atoms with Crippen molar-refractivity contribution in [2.75, 3.05) is 44.7 Å². The number of carboxylic acid groups (broad SMARTS) is 1. The number of allylic oxidation sites excluding steroid dienone is 4. The molecule has 5 bridgehead atoms. The Balaban J connectivity index is 0.989. The second-order valence-corrected chi connectivity index (χ2v) is 23.4. The van der Waals surface area contributed by atoms with Crippen LogP contribution in [0.3, 0.4) is 0 Å². The minimum absolute atomic E-state index is 0.0310. The van der Waals surface area contributed by atoms with Crippen LogP contribution >= 0.6 is 0 Å². The first-order valence-electron chi connectivity index (χ1n) is 28.2. The zero-order valence-corrected chi connectivity index (χ0v) is 48.0. The highest BCUT2D eigenvalue weighted by Crippen LogP contribution is 2.50. The molecule has 21 heteroatoms. The summed E-state index contributed by atoms with van der Waals surface area (Å²) >= 11 is 0. The van der Waals surface area contributed by atoms with Crippen molar-refractivity contribution in [3.8, 4) is 11.5 Å². The Morgan fingerprint density at radius 3 is 2.21 bits per heavy atom. The van der Waals surface area contributed by atoms with Gasteiger partial charge in [0.25, 0.3) is 17.2 Å². The predicted octanol–water partition coefficient (Wildman–Crippen LogP) is 6.17. The maximum atomic E-state index is 16.1. The van der Waals surface area contributed by atoms with Gasteiger partial charge in [0, 0.05) is 88.0 Å². The number of methoxy groups -OCH3 is 1. The normalized spacial score (nSPS) is 28.6. The third kappa shape index (κ3) is 10.9. The molecule has 0 unspecified atom stereocenters. The fraction of sp³-hybridized carbons (Fsp3) is 0.525. The summed E-state index contributed by atoms with van der Waals surface area (Å²) in [4.78, 5) is 101. The molecular weight excluding hydrogens is 1060 g/mol. The lowest BCUT2D eigenvalue weighted by Gasteiger charge is -2.38. The molecule has 7 heterocycles. The number of carbonyl (C=O) groups is 6. The monoisotopic (exact) mass is 1140 g/mol. The van der Waals surface area contributed by atoms with Gasteiger partial charge in [-0.3, -0.25) is 33.2 Å². The number of anilines is 1. The molecule has 10 atom stereocenters. The highest BCUT2D eigenvalue weighted by molar-refractivity contribution is 6.32. The van der Waals surface area contributed by atoms with Crippen LogP contribution in [0.4, 0.5) is 10.1 Å². The lowest BCUT2D eigenvalue weighted by molar-refractivity contribution is -0.160. The number of halogens is 1. The Morgan fingerprint density at radius 1 is 0.878 bits per heavy atom. The van der Waals surface area contributed by atoms with Crippen molar-refractivity contribution >= 4 is 46.4 Å². The van der Waals surface area contributed by atoms with E-state index in [-0.39, 0.29) is 59.1 Å². The van der Waals surface area contributed by atoms with Crippen LogP contribution in [0.2, 0.25) is 0 Å². The van der Waals surface area contributed by atoms with Crippen LogP contribution in [0.25, 0.3) is 5.52 Å². The van der Waals surface area contributed by atoms with Gasteiger partial charge in [-0.25, -0.2) is 9.18 Å². The number of benzene rings is 1. The Bertz CT molecular complexity index is 3330. The number of ketones is 3. The molecule has 10 rings (SSSR count). The average Bonchev–Trinajstić information content (AvgIpc) is 1.70. The lowest BCUT2D eigenvalue weighted by atomic mass is 9.78. The number of nitrogens with one attached hydrogen (secondary N) is 2. The van der Waals surface area contributed by atoms with Gasteiger partial charge in [0.15, 0.2) is 5.82 Å². The number of nitrogens with zero attached hydrogens (tertiary/aromatic N) is 3. The first kappa shape index (κ1) is 59.4. The van der Waals surface area contributed by atoms with Crippen LogP contribution in [0, 0.1) is 49.3 Å². The summed E-state index contributed by atoms with van der Waals surface area (Å²) in [6, 6.07) is 1.38. The highest BCUT2D eigenvalue weighted by atomic mass is 19.1. The molecule has 20 nitrogen and oxygen atoms in total. The van der Waals surface area contributed by atoms with E-state index in [0.29, 0.717) is 49.2 Å². The summed E-state index contributed by atoms with van der Waals surface area (Å²) in [6.07, 6.45) is 7.74. The van der Waals surface area contributed by atoms with Gasteiger partial charge in [-0.05, 0) is 94.5 Å². The number of esters is 1. The average molecular weight is 1140 g/mol. The summed E-state index contributed by atoms with van der Waals surface area (Å²) in [6.45, 7) is 16.2. The van der Waals surface area contributed by atoms with Crippen LogP contribution in [-0.4, -0.2) is 141 Å². The molecule has 6 N–H and O–H groups in total. The van der Waals surface area contributed by atoms with Crippen molar-refractivity contribution in [3.05, 3.63) is 115 Å². The van der Waals surface area contributed by atoms with E-state index in [1.807, 2.05) is 4.90 Å². The Labute approximate surface area is 474 Å². The second-order valence-electron chi connectivity index (χ2n) is 23.4. The van der Waals surface area contributed by atoms with Gasteiger partial charge in [-0.2, -0.15) is 0 Å². The predicted molar refractivity (Wildman–Crippen MR) is 298 cm³/mol. The summed E-state index contributed by atoms with van der Waals surface area (Å²) in [7, 11) is 1.42. The molecule has 7 aliphatic rings. The number of aromatic hydroxyl groups is 1. The zero-order valence-electron chi connectivity index (χ0n) is 48.0. The molecule has 5 aliphatic heterocycles. The quantitative estimate of drug-likeness (QED) is 0.131. The second kappa shape index (κ2) is 23.2. The van der Waals surface area contributed by atoms with Crippen LogP contribution in [-0.2, 0) is 23.8 Å². The smallest absolute Gasteiger partial charge is 0.341 e. The topological polar surface area (TPSA) is 272 Å². The number of carboxylic acids is 1. The number of hydrogen-bond donors (Lipinski definition) is 6. The summed E-state index contributed by atoms with van der Waals surface area (Å²) in [5.74, 6) is -11.3. The minimum Gasteiger partial charge on any atom is -0.507 e. The van der Waals surface area contributed by atoms with Crippen molar-refractivity contribution in [3.63, 3.8) is 0 Å². The van der Waals surface area contributed by atoms with Gasteiger partial charge in [-0.1, -0.05) is 45.9 Å². The number of phenols is 1. The SMILES string of the molecule is CO[C@H]1C=CO[C@@]2(C)Oc3c(C)c(O)c4c(c3C2=O)C(=O)C(N2CCC(NC[C@@H]3CCN(c5c(F)cn6c(=O)c(C(=O)O)cc(C7CC7)c6c5C)C3)CC2)=C(NC(=O)C(C)=CC=C[C@H](C)[C@H](O)[C@@H](C)[C@@H](O)[C@@H](C)[C@H](OC(C)=O)[C@@H]1C)C4=O. The van der Waals surface area contributed by atoms with E-state index in [2.05, 4.69) is 10.6 Å². The van der Waals surface area contributed by atoms with E-state index >= 15 is 14.0 Å². The van der Waals surface area contributed by atoms with Crippen LogP contribution in [0.5, 0.6) is 11.5 Å². The number of hydrogen-bond acceptors (Lipinski definition) is 17. The maximum absolute atomic E-state index is 16.1. The summed E-state index contributed by atoms with van der Waals surface area (Å²) < 4.78 is 41.1. The van der Waals surface area contributed by atoms with Gasteiger partial charge in [-0.15, -0.1) is 0 Å². The number of phenolic OH excluding ortho intramolecular Hbond substituents is 1. The largest absolute Gasteiger partial charge is 0.507 e. The molecule has 0 spiro atoms. The van der Waals surface area contributed by atoms with E-state index in [1.165, 1.54) is 59.3 Å². The highest BCUT2D eigenvalue weighted by Gasteiger charge is 2.53. The van der Waals surface area contributed by atoms with Gasteiger partial charge in [0.1, 0.15) is 34.6 Å². The first-order valence-corrected chi connectivity index (χ1v) is 28.2. The number of pyridine rings is 2. The molecule has 1 saturated carbocycles. The van der Waals surface area contributed by atoms with Gasteiger partial charge < -0.3 is 59.8 Å².